The molecule has 2 heterocycles. The number of carbonyl (C=O) groups excluding carboxylic acids is 2. The van der Waals surface area contributed by atoms with Crippen LogP contribution in [0.1, 0.15) is 12.8 Å². The monoisotopic (exact) mass is 238 g/mol. The van der Waals surface area contributed by atoms with Crippen molar-refractivity contribution >= 4 is 11.8 Å². The van der Waals surface area contributed by atoms with Gasteiger partial charge in [0.05, 0.1) is 0 Å². The summed E-state index contributed by atoms with van der Waals surface area (Å²) in [6.45, 7) is 6.51. The second kappa shape index (κ2) is 5.31. The fraction of sp³-hybridized carbons (Fsp3) is 0.667. The van der Waals surface area contributed by atoms with E-state index in [1.54, 1.807) is 9.80 Å². The van der Waals surface area contributed by atoms with Crippen molar-refractivity contribution in [2.75, 3.05) is 32.8 Å². The molecule has 2 fully saturated rings. The molecule has 2 saturated heterocycles. The predicted molar refractivity (Wildman–Crippen MR) is 62.3 cm³/mol. The Labute approximate surface area is 101 Å². The molecule has 2 amide bonds. The van der Waals surface area contributed by atoms with Gasteiger partial charge in [-0.25, -0.2) is 0 Å². The van der Waals surface area contributed by atoms with Gasteiger partial charge in [0, 0.05) is 32.8 Å². The highest BCUT2D eigenvalue weighted by Gasteiger charge is 2.30. The Kier molecular flexibility index (Phi) is 3.78. The first-order chi connectivity index (χ1) is 8.22. The van der Waals surface area contributed by atoms with Crippen LogP contribution in [0, 0.1) is 0 Å². The number of carbonyl (C=O) groups is 2. The number of rotatable bonds is 2. The molecule has 0 aromatic heterocycles. The third-order valence-corrected chi connectivity index (χ3v) is 3.28. The van der Waals surface area contributed by atoms with E-state index in [0.29, 0.717) is 32.8 Å². The molecular weight excluding hydrogens is 220 g/mol. The van der Waals surface area contributed by atoms with E-state index in [9.17, 15) is 9.59 Å². The molecule has 0 aromatic carbocycles. The summed E-state index contributed by atoms with van der Waals surface area (Å²) in [6.07, 6.45) is 2.85. The standard InChI is InChI=1S/C12H18N2O3/c1-2-11(15)13-5-7-14(8-6-13)12(16)10-4-3-9-17-10/h2,10H,1,3-9H2/t10-/m0/s1. The van der Waals surface area contributed by atoms with Gasteiger partial charge >= 0.3 is 0 Å². The maximum Gasteiger partial charge on any atom is 0.251 e. The molecule has 0 aromatic rings. The molecule has 0 aliphatic carbocycles. The summed E-state index contributed by atoms with van der Waals surface area (Å²) < 4.78 is 5.38. The quantitative estimate of drug-likeness (QED) is 0.637. The highest BCUT2D eigenvalue weighted by molar-refractivity contribution is 5.87. The highest BCUT2D eigenvalue weighted by atomic mass is 16.5. The summed E-state index contributed by atoms with van der Waals surface area (Å²) in [4.78, 5) is 26.9. The predicted octanol–water partition coefficient (Wildman–Crippen LogP) is 0.0222. The number of amides is 2. The van der Waals surface area contributed by atoms with Crippen molar-refractivity contribution in [1.82, 2.24) is 9.80 Å². The van der Waals surface area contributed by atoms with Crippen LogP contribution in [0.3, 0.4) is 0 Å². The Balaban J connectivity index is 1.84. The average Bonchev–Trinajstić information content (AvgIpc) is 2.91. The molecule has 5 heteroatoms. The van der Waals surface area contributed by atoms with Gasteiger partial charge in [-0.05, 0) is 18.9 Å². The lowest BCUT2D eigenvalue weighted by Gasteiger charge is -2.35. The van der Waals surface area contributed by atoms with Crippen LogP contribution in [0.4, 0.5) is 0 Å². The lowest BCUT2D eigenvalue weighted by molar-refractivity contribution is -0.144. The third-order valence-electron chi connectivity index (χ3n) is 3.28. The lowest BCUT2D eigenvalue weighted by Crippen LogP contribution is -2.52. The van der Waals surface area contributed by atoms with E-state index in [-0.39, 0.29) is 17.9 Å². The Morgan fingerprint density at radius 1 is 1.18 bits per heavy atom. The molecule has 0 N–H and O–H groups in total. The molecule has 5 nitrogen and oxygen atoms in total. The SMILES string of the molecule is C=CC(=O)N1CCN(C(=O)[C@@H]2CCCO2)CC1. The minimum Gasteiger partial charge on any atom is -0.368 e. The van der Waals surface area contributed by atoms with E-state index >= 15 is 0 Å². The van der Waals surface area contributed by atoms with Gasteiger partial charge in [0.2, 0.25) is 5.91 Å². The van der Waals surface area contributed by atoms with Crippen molar-refractivity contribution in [3.05, 3.63) is 12.7 Å². The third kappa shape index (κ3) is 2.66. The van der Waals surface area contributed by atoms with Crippen LogP contribution in [0.2, 0.25) is 0 Å². The van der Waals surface area contributed by atoms with E-state index in [1.807, 2.05) is 0 Å². The molecular formula is C12H18N2O3. The average molecular weight is 238 g/mol. The molecule has 2 rings (SSSR count). The zero-order valence-corrected chi connectivity index (χ0v) is 9.93. The fourth-order valence-corrected chi connectivity index (χ4v) is 2.25. The smallest absolute Gasteiger partial charge is 0.251 e. The summed E-state index contributed by atoms with van der Waals surface area (Å²) in [5.41, 5.74) is 0. The molecule has 94 valence electrons. The van der Waals surface area contributed by atoms with Crippen molar-refractivity contribution in [1.29, 1.82) is 0 Å². The Morgan fingerprint density at radius 3 is 2.35 bits per heavy atom. The molecule has 0 saturated carbocycles. The summed E-state index contributed by atoms with van der Waals surface area (Å²) in [5.74, 6) is 0.0161. The minimum absolute atomic E-state index is 0.0609. The van der Waals surface area contributed by atoms with Crippen molar-refractivity contribution in [2.24, 2.45) is 0 Å². The van der Waals surface area contributed by atoms with Gasteiger partial charge in [-0.3, -0.25) is 9.59 Å². The summed E-state index contributed by atoms with van der Waals surface area (Å²) in [5, 5.41) is 0. The van der Waals surface area contributed by atoms with Crippen LogP contribution in [0.15, 0.2) is 12.7 Å². The van der Waals surface area contributed by atoms with Crippen LogP contribution in [0.25, 0.3) is 0 Å². The van der Waals surface area contributed by atoms with Gasteiger partial charge in [-0.1, -0.05) is 6.58 Å². The number of piperazine rings is 1. The highest BCUT2D eigenvalue weighted by Crippen LogP contribution is 2.15. The Morgan fingerprint density at radius 2 is 1.82 bits per heavy atom. The zero-order valence-electron chi connectivity index (χ0n) is 9.93. The van der Waals surface area contributed by atoms with Crippen molar-refractivity contribution in [2.45, 2.75) is 18.9 Å². The number of hydrogen-bond acceptors (Lipinski definition) is 3. The van der Waals surface area contributed by atoms with Gasteiger partial charge in [-0.2, -0.15) is 0 Å². The normalized spacial score (nSPS) is 24.8. The number of hydrogen-bond donors (Lipinski definition) is 0. The molecule has 0 bridgehead atoms. The fourth-order valence-electron chi connectivity index (χ4n) is 2.25. The maximum absolute atomic E-state index is 12.0. The van der Waals surface area contributed by atoms with Crippen molar-refractivity contribution in [3.8, 4) is 0 Å². The van der Waals surface area contributed by atoms with Crippen molar-refractivity contribution < 1.29 is 14.3 Å². The molecule has 0 radical (unpaired) electrons. The van der Waals surface area contributed by atoms with Crippen LogP contribution < -0.4 is 0 Å². The van der Waals surface area contributed by atoms with Gasteiger partial charge in [0.1, 0.15) is 6.10 Å². The van der Waals surface area contributed by atoms with Gasteiger partial charge in [-0.15, -0.1) is 0 Å². The van der Waals surface area contributed by atoms with Gasteiger partial charge < -0.3 is 14.5 Å². The molecule has 2 aliphatic rings. The lowest BCUT2D eigenvalue weighted by atomic mass is 10.2. The summed E-state index contributed by atoms with van der Waals surface area (Å²) >= 11 is 0. The first-order valence-electron chi connectivity index (χ1n) is 6.04. The second-order valence-corrected chi connectivity index (χ2v) is 4.36. The van der Waals surface area contributed by atoms with Gasteiger partial charge in [0.25, 0.3) is 5.91 Å². The van der Waals surface area contributed by atoms with E-state index in [2.05, 4.69) is 6.58 Å². The van der Waals surface area contributed by atoms with Crippen molar-refractivity contribution in [3.63, 3.8) is 0 Å². The van der Waals surface area contributed by atoms with E-state index in [0.717, 1.165) is 12.8 Å². The number of nitrogens with zero attached hydrogens (tertiary/aromatic N) is 2. The number of ether oxygens (including phenoxy) is 1. The molecule has 17 heavy (non-hydrogen) atoms. The zero-order chi connectivity index (χ0) is 12.3. The van der Waals surface area contributed by atoms with Crippen LogP contribution in [0.5, 0.6) is 0 Å². The maximum atomic E-state index is 12.0. The first-order valence-corrected chi connectivity index (χ1v) is 6.04. The van der Waals surface area contributed by atoms with E-state index in [4.69, 9.17) is 4.74 Å². The second-order valence-electron chi connectivity index (χ2n) is 4.36. The van der Waals surface area contributed by atoms with Crippen LogP contribution in [-0.4, -0.2) is 60.5 Å². The Bertz CT molecular complexity index is 316. The first kappa shape index (κ1) is 12.1. The largest absolute Gasteiger partial charge is 0.368 e. The van der Waals surface area contributed by atoms with Crippen LogP contribution in [-0.2, 0) is 14.3 Å². The van der Waals surface area contributed by atoms with Crippen LogP contribution >= 0.6 is 0 Å². The minimum atomic E-state index is -0.253. The van der Waals surface area contributed by atoms with E-state index < -0.39 is 0 Å². The molecule has 0 spiro atoms. The van der Waals surface area contributed by atoms with E-state index in [1.165, 1.54) is 6.08 Å². The topological polar surface area (TPSA) is 49.9 Å². The summed E-state index contributed by atoms with van der Waals surface area (Å²) in [6, 6.07) is 0. The molecule has 2 aliphatic heterocycles. The molecule has 1 atom stereocenters. The molecule has 0 unspecified atom stereocenters. The summed E-state index contributed by atoms with van der Waals surface area (Å²) in [7, 11) is 0. The van der Waals surface area contributed by atoms with Gasteiger partial charge in [0.15, 0.2) is 0 Å². The Hall–Kier alpha value is -1.36.